The fraction of sp³-hybridized carbons (Fsp3) is 0.333. The lowest BCUT2D eigenvalue weighted by Gasteiger charge is -2.35. The summed E-state index contributed by atoms with van der Waals surface area (Å²) in [5.41, 5.74) is 2.20. The van der Waals surface area contributed by atoms with E-state index >= 15 is 0 Å². The Morgan fingerprint density at radius 1 is 1.06 bits per heavy atom. The molecule has 158 valence electrons. The van der Waals surface area contributed by atoms with Crippen molar-refractivity contribution in [1.82, 2.24) is 19.9 Å². The van der Waals surface area contributed by atoms with E-state index in [1.165, 1.54) is 12.1 Å². The summed E-state index contributed by atoms with van der Waals surface area (Å²) in [6, 6.07) is 11.8. The molecule has 1 saturated heterocycles. The normalized spacial score (nSPS) is 18.6. The van der Waals surface area contributed by atoms with Crippen LogP contribution in [0.3, 0.4) is 0 Å². The SMILES string of the molecule is O=C(C1CC1)N1CCCCC1c1nc(Nc2cccc(F)c2)cc(-c2cccnc2)n1. The minimum absolute atomic E-state index is 0.147. The van der Waals surface area contributed by atoms with Crippen molar-refractivity contribution in [2.45, 2.75) is 38.1 Å². The molecule has 7 heteroatoms. The van der Waals surface area contributed by atoms with Crippen molar-refractivity contribution in [3.05, 3.63) is 66.5 Å². The van der Waals surface area contributed by atoms with Gasteiger partial charge in [-0.3, -0.25) is 9.78 Å². The number of halogens is 1. The summed E-state index contributed by atoms with van der Waals surface area (Å²) in [6.45, 7) is 0.743. The van der Waals surface area contributed by atoms with E-state index in [0.717, 1.165) is 49.9 Å². The number of nitrogens with one attached hydrogen (secondary N) is 1. The molecule has 1 aliphatic carbocycles. The zero-order valence-electron chi connectivity index (χ0n) is 17.2. The molecule has 2 fully saturated rings. The zero-order chi connectivity index (χ0) is 21.2. The lowest BCUT2D eigenvalue weighted by atomic mass is 10.00. The standard InChI is InChI=1S/C24H24FN5O/c25-18-6-3-7-19(13-18)27-22-14-20(17-5-4-11-26-15-17)28-23(29-22)21-8-1-2-12-30(21)24(31)16-9-10-16/h3-7,11,13-16,21H,1-2,8-10,12H2,(H,27,28,29). The third-order valence-corrected chi connectivity index (χ3v) is 5.81. The summed E-state index contributed by atoms with van der Waals surface area (Å²) < 4.78 is 13.7. The van der Waals surface area contributed by atoms with Crippen LogP contribution in [0.4, 0.5) is 15.9 Å². The fourth-order valence-corrected chi connectivity index (χ4v) is 4.08. The van der Waals surface area contributed by atoms with Gasteiger partial charge in [-0.25, -0.2) is 14.4 Å². The first-order chi connectivity index (χ1) is 15.2. The van der Waals surface area contributed by atoms with Crippen molar-refractivity contribution >= 4 is 17.4 Å². The fourth-order valence-electron chi connectivity index (χ4n) is 4.08. The first kappa shape index (κ1) is 19.6. The van der Waals surface area contributed by atoms with Crippen LogP contribution in [0.15, 0.2) is 54.9 Å². The monoisotopic (exact) mass is 417 g/mol. The number of hydrogen-bond acceptors (Lipinski definition) is 5. The van der Waals surface area contributed by atoms with E-state index in [1.54, 1.807) is 24.5 Å². The zero-order valence-corrected chi connectivity index (χ0v) is 17.2. The Bertz CT molecular complexity index is 1090. The molecular formula is C24H24FN5O. The van der Waals surface area contributed by atoms with Gasteiger partial charge in [0.25, 0.3) is 0 Å². The third kappa shape index (κ3) is 4.40. The Hall–Kier alpha value is -3.35. The molecule has 31 heavy (non-hydrogen) atoms. The number of anilines is 2. The van der Waals surface area contributed by atoms with Crippen molar-refractivity contribution in [2.24, 2.45) is 5.92 Å². The van der Waals surface area contributed by atoms with Crippen LogP contribution < -0.4 is 5.32 Å². The second kappa shape index (κ2) is 8.41. The van der Waals surface area contributed by atoms with Crippen LogP contribution in [-0.2, 0) is 4.79 Å². The Morgan fingerprint density at radius 3 is 2.74 bits per heavy atom. The van der Waals surface area contributed by atoms with Gasteiger partial charge in [-0.1, -0.05) is 6.07 Å². The van der Waals surface area contributed by atoms with E-state index in [-0.39, 0.29) is 23.7 Å². The second-order valence-electron chi connectivity index (χ2n) is 8.19. The van der Waals surface area contributed by atoms with Crippen LogP contribution in [0.2, 0.25) is 0 Å². The van der Waals surface area contributed by atoms with Crippen LogP contribution in [0.5, 0.6) is 0 Å². The molecule has 1 aromatic carbocycles. The highest BCUT2D eigenvalue weighted by Crippen LogP contribution is 2.38. The number of amides is 1. The predicted octanol–water partition coefficient (Wildman–Crippen LogP) is 4.88. The molecule has 2 aliphatic rings. The van der Waals surface area contributed by atoms with Gasteiger partial charge < -0.3 is 10.2 Å². The van der Waals surface area contributed by atoms with Gasteiger partial charge in [-0.05, 0) is 62.4 Å². The maximum atomic E-state index is 13.7. The van der Waals surface area contributed by atoms with Gasteiger partial charge in [-0.2, -0.15) is 0 Å². The molecular weight excluding hydrogens is 393 g/mol. The number of piperidine rings is 1. The van der Waals surface area contributed by atoms with Gasteiger partial charge in [0.05, 0.1) is 11.7 Å². The van der Waals surface area contributed by atoms with E-state index < -0.39 is 0 Å². The van der Waals surface area contributed by atoms with Gasteiger partial charge in [0.1, 0.15) is 11.6 Å². The molecule has 2 aromatic heterocycles. The number of likely N-dealkylation sites (tertiary alicyclic amines) is 1. The topological polar surface area (TPSA) is 71.0 Å². The molecule has 0 spiro atoms. The lowest BCUT2D eigenvalue weighted by Crippen LogP contribution is -2.40. The maximum absolute atomic E-state index is 13.7. The van der Waals surface area contributed by atoms with Gasteiger partial charge in [0.2, 0.25) is 5.91 Å². The predicted molar refractivity (Wildman–Crippen MR) is 116 cm³/mol. The van der Waals surface area contributed by atoms with Gasteiger partial charge >= 0.3 is 0 Å². The number of carbonyl (C=O) groups is 1. The molecule has 3 heterocycles. The number of pyridine rings is 1. The van der Waals surface area contributed by atoms with E-state index in [1.807, 2.05) is 23.1 Å². The number of aromatic nitrogens is 3. The van der Waals surface area contributed by atoms with Crippen LogP contribution in [0.25, 0.3) is 11.3 Å². The third-order valence-electron chi connectivity index (χ3n) is 5.81. The highest BCUT2D eigenvalue weighted by molar-refractivity contribution is 5.81. The van der Waals surface area contributed by atoms with Crippen LogP contribution in [0.1, 0.15) is 44.0 Å². The van der Waals surface area contributed by atoms with Crippen LogP contribution >= 0.6 is 0 Å². The molecule has 1 N–H and O–H groups in total. The molecule has 0 radical (unpaired) electrons. The Morgan fingerprint density at radius 2 is 1.97 bits per heavy atom. The molecule has 5 rings (SSSR count). The Kier molecular flexibility index (Phi) is 5.32. The average molecular weight is 417 g/mol. The second-order valence-corrected chi connectivity index (χ2v) is 8.19. The molecule has 3 aromatic rings. The number of hydrogen-bond donors (Lipinski definition) is 1. The van der Waals surface area contributed by atoms with E-state index in [0.29, 0.717) is 17.3 Å². The Labute approximate surface area is 180 Å². The minimum Gasteiger partial charge on any atom is -0.340 e. The molecule has 1 saturated carbocycles. The van der Waals surface area contributed by atoms with E-state index in [2.05, 4.69) is 10.3 Å². The van der Waals surface area contributed by atoms with Crippen molar-refractivity contribution in [2.75, 3.05) is 11.9 Å². The highest BCUT2D eigenvalue weighted by Gasteiger charge is 2.38. The first-order valence-corrected chi connectivity index (χ1v) is 10.8. The first-order valence-electron chi connectivity index (χ1n) is 10.8. The maximum Gasteiger partial charge on any atom is 0.226 e. The van der Waals surface area contributed by atoms with Crippen molar-refractivity contribution in [1.29, 1.82) is 0 Å². The summed E-state index contributed by atoms with van der Waals surface area (Å²) in [5.74, 6) is 1.25. The number of rotatable bonds is 5. The van der Waals surface area contributed by atoms with Crippen molar-refractivity contribution in [3.63, 3.8) is 0 Å². The van der Waals surface area contributed by atoms with Crippen molar-refractivity contribution in [3.8, 4) is 11.3 Å². The van der Waals surface area contributed by atoms with Crippen molar-refractivity contribution < 1.29 is 9.18 Å². The number of carbonyl (C=O) groups excluding carboxylic acids is 1. The van der Waals surface area contributed by atoms with E-state index in [4.69, 9.17) is 9.97 Å². The molecule has 0 bridgehead atoms. The summed E-state index contributed by atoms with van der Waals surface area (Å²) in [5, 5.41) is 3.20. The summed E-state index contributed by atoms with van der Waals surface area (Å²) in [6.07, 6.45) is 8.31. The summed E-state index contributed by atoms with van der Waals surface area (Å²) in [4.78, 5) is 28.7. The van der Waals surface area contributed by atoms with E-state index in [9.17, 15) is 9.18 Å². The number of nitrogens with zero attached hydrogens (tertiary/aromatic N) is 4. The molecule has 1 unspecified atom stereocenters. The van der Waals surface area contributed by atoms with Gasteiger partial charge in [0, 0.05) is 42.2 Å². The largest absolute Gasteiger partial charge is 0.340 e. The number of benzene rings is 1. The molecule has 1 aliphatic heterocycles. The highest BCUT2D eigenvalue weighted by atomic mass is 19.1. The lowest BCUT2D eigenvalue weighted by molar-refractivity contribution is -0.136. The Balaban J connectivity index is 1.54. The molecule has 1 atom stereocenters. The summed E-state index contributed by atoms with van der Waals surface area (Å²) in [7, 11) is 0. The quantitative estimate of drug-likeness (QED) is 0.640. The van der Waals surface area contributed by atoms with Crippen LogP contribution in [-0.4, -0.2) is 32.3 Å². The van der Waals surface area contributed by atoms with Crippen LogP contribution in [0, 0.1) is 11.7 Å². The molecule has 1 amide bonds. The average Bonchev–Trinajstić information content (AvgIpc) is 3.65. The molecule has 6 nitrogen and oxygen atoms in total. The minimum atomic E-state index is -0.319. The summed E-state index contributed by atoms with van der Waals surface area (Å²) >= 11 is 0. The van der Waals surface area contributed by atoms with Gasteiger partial charge in [-0.15, -0.1) is 0 Å². The van der Waals surface area contributed by atoms with Gasteiger partial charge in [0.15, 0.2) is 5.82 Å². The smallest absolute Gasteiger partial charge is 0.226 e.